The van der Waals surface area contributed by atoms with Gasteiger partial charge in [0.15, 0.2) is 0 Å². The molecule has 4 atom stereocenters. The molecule has 0 bridgehead atoms. The molecule has 1 aliphatic rings. The lowest BCUT2D eigenvalue weighted by Gasteiger charge is -2.47. The molecule has 44 heavy (non-hydrogen) atoms. The van der Waals surface area contributed by atoms with Gasteiger partial charge in [0.2, 0.25) is 11.8 Å². The number of nitrogens with two attached hydrogens (primary N) is 3. The van der Waals surface area contributed by atoms with Gasteiger partial charge in [0.1, 0.15) is 0 Å². The molecular formula is C36H46N6O2. The third kappa shape index (κ3) is 7.63. The summed E-state index contributed by atoms with van der Waals surface area (Å²) in [6, 6.07) is 27.2. The van der Waals surface area contributed by atoms with Crippen LogP contribution in [0.2, 0.25) is 0 Å². The number of fused-ring (bicyclic) bond motifs is 2. The van der Waals surface area contributed by atoms with E-state index in [0.29, 0.717) is 32.5 Å². The Balaban J connectivity index is 1.27. The summed E-state index contributed by atoms with van der Waals surface area (Å²) in [6.45, 7) is 4.98. The first kappa shape index (κ1) is 31.6. The molecule has 8 nitrogen and oxygen atoms in total. The summed E-state index contributed by atoms with van der Waals surface area (Å²) >= 11 is 0. The van der Waals surface area contributed by atoms with Gasteiger partial charge in [-0.05, 0) is 71.8 Å². The molecule has 8 heteroatoms. The summed E-state index contributed by atoms with van der Waals surface area (Å²) in [5.74, 6) is -0.151. The topological polar surface area (TPSA) is 131 Å². The molecule has 1 fully saturated rings. The van der Waals surface area contributed by atoms with Crippen molar-refractivity contribution in [2.45, 2.75) is 56.8 Å². The van der Waals surface area contributed by atoms with E-state index in [0.717, 1.165) is 58.6 Å². The van der Waals surface area contributed by atoms with Crippen LogP contribution in [0.25, 0.3) is 21.5 Å². The maximum atomic E-state index is 13.9. The Morgan fingerprint density at radius 1 is 0.750 bits per heavy atom. The summed E-state index contributed by atoms with van der Waals surface area (Å²) in [5, 5.41) is 7.92. The summed E-state index contributed by atoms with van der Waals surface area (Å²) in [4.78, 5) is 31.4. The second kappa shape index (κ2) is 14.8. The largest absolute Gasteiger partial charge is 0.335 e. The predicted molar refractivity (Wildman–Crippen MR) is 179 cm³/mol. The van der Waals surface area contributed by atoms with E-state index in [1.165, 1.54) is 0 Å². The number of piperazine rings is 1. The van der Waals surface area contributed by atoms with Crippen LogP contribution in [-0.4, -0.2) is 78.5 Å². The van der Waals surface area contributed by atoms with Crippen molar-refractivity contribution in [2.24, 2.45) is 17.2 Å². The lowest BCUT2D eigenvalue weighted by Crippen LogP contribution is -2.64. The quantitative estimate of drug-likeness (QED) is 0.186. The lowest BCUT2D eigenvalue weighted by molar-refractivity contribution is -0.148. The zero-order valence-electron chi connectivity index (χ0n) is 25.7. The lowest BCUT2D eigenvalue weighted by atomic mass is 9.97. The Kier molecular flexibility index (Phi) is 10.6. The van der Waals surface area contributed by atoms with E-state index in [1.807, 2.05) is 53.1 Å². The van der Waals surface area contributed by atoms with Crippen LogP contribution in [0.3, 0.4) is 0 Å². The van der Waals surface area contributed by atoms with Crippen LogP contribution >= 0.6 is 0 Å². The van der Waals surface area contributed by atoms with E-state index in [9.17, 15) is 9.59 Å². The Labute approximate surface area is 260 Å². The van der Waals surface area contributed by atoms with Gasteiger partial charge in [0.25, 0.3) is 0 Å². The number of rotatable bonds is 12. The van der Waals surface area contributed by atoms with Crippen molar-refractivity contribution in [3.05, 3.63) is 96.1 Å². The first-order valence-corrected chi connectivity index (χ1v) is 15.8. The molecule has 0 aromatic heterocycles. The highest BCUT2D eigenvalue weighted by Crippen LogP contribution is 2.23. The first-order chi connectivity index (χ1) is 21.3. The number of carbonyl (C=O) groups excluding carboxylic acids is 2. The van der Waals surface area contributed by atoms with Gasteiger partial charge in [-0.3, -0.25) is 9.59 Å². The van der Waals surface area contributed by atoms with Crippen LogP contribution < -0.4 is 22.5 Å². The highest BCUT2D eigenvalue weighted by molar-refractivity contribution is 5.87. The molecule has 0 saturated carbocycles. The smallest absolute Gasteiger partial charge is 0.240 e. The first-order valence-electron chi connectivity index (χ1n) is 15.8. The third-order valence-corrected chi connectivity index (χ3v) is 8.79. The van der Waals surface area contributed by atoms with Crippen molar-refractivity contribution in [1.82, 2.24) is 15.1 Å². The van der Waals surface area contributed by atoms with Crippen LogP contribution in [0.1, 0.15) is 30.9 Å². The Bertz CT molecular complexity index is 1570. The number of benzene rings is 4. The highest BCUT2D eigenvalue weighted by atomic mass is 16.2. The second-order valence-corrected chi connectivity index (χ2v) is 12.1. The number of nitrogens with zero attached hydrogens (tertiary/aromatic N) is 2. The predicted octanol–water partition coefficient (Wildman–Crippen LogP) is 3.19. The number of hydrogen-bond donors (Lipinski definition) is 4. The molecule has 4 aromatic carbocycles. The van der Waals surface area contributed by atoms with E-state index in [2.05, 4.69) is 53.8 Å². The molecule has 2 amide bonds. The molecular weight excluding hydrogens is 548 g/mol. The van der Waals surface area contributed by atoms with E-state index >= 15 is 0 Å². The minimum Gasteiger partial charge on any atom is -0.335 e. The van der Waals surface area contributed by atoms with Crippen LogP contribution in [0.4, 0.5) is 0 Å². The van der Waals surface area contributed by atoms with Gasteiger partial charge in [-0.15, -0.1) is 0 Å². The molecule has 0 radical (unpaired) electrons. The van der Waals surface area contributed by atoms with Crippen molar-refractivity contribution in [3.63, 3.8) is 0 Å². The van der Waals surface area contributed by atoms with E-state index in [1.54, 1.807) is 0 Å². The molecule has 0 aliphatic carbocycles. The maximum absolute atomic E-state index is 13.9. The van der Waals surface area contributed by atoms with Crippen molar-refractivity contribution in [1.29, 1.82) is 0 Å². The summed E-state index contributed by atoms with van der Waals surface area (Å²) < 4.78 is 0. The van der Waals surface area contributed by atoms with E-state index < -0.39 is 12.1 Å². The van der Waals surface area contributed by atoms with Crippen LogP contribution in [0, 0.1) is 0 Å². The minimum absolute atomic E-state index is 0.0718. The van der Waals surface area contributed by atoms with Gasteiger partial charge in [-0.2, -0.15) is 0 Å². The fourth-order valence-electron chi connectivity index (χ4n) is 6.39. The van der Waals surface area contributed by atoms with Gasteiger partial charge in [0.05, 0.1) is 12.1 Å². The van der Waals surface area contributed by atoms with Crippen LogP contribution in [0.15, 0.2) is 84.9 Å². The summed E-state index contributed by atoms with van der Waals surface area (Å²) in [7, 11) is 0. The number of hydrogen-bond acceptors (Lipinski definition) is 6. The molecule has 0 spiro atoms. The standard InChI is InChI=1S/C36H46N6O2/c1-25-23-42(36(44)34(39)22-27-13-15-29-8-3-5-10-31(29)20-27)32(11-6-17-40-18-16-37)24-41(25)35(43)33(38)21-26-12-14-28-7-2-4-9-30(28)19-26/h2-5,7-10,12-15,19-20,25,32-34,40H,6,11,16-18,21-24,37-39H2,1H3/t25-,32+,33?,34?/m1/s1. The van der Waals surface area contributed by atoms with Crippen molar-refractivity contribution in [2.75, 3.05) is 32.7 Å². The maximum Gasteiger partial charge on any atom is 0.240 e. The van der Waals surface area contributed by atoms with Crippen LogP contribution in [-0.2, 0) is 22.4 Å². The van der Waals surface area contributed by atoms with Crippen molar-refractivity contribution in [3.8, 4) is 0 Å². The van der Waals surface area contributed by atoms with Crippen LogP contribution in [0.5, 0.6) is 0 Å². The number of nitrogens with one attached hydrogen (secondary N) is 1. The fourth-order valence-corrected chi connectivity index (χ4v) is 6.39. The average Bonchev–Trinajstić information content (AvgIpc) is 3.04. The van der Waals surface area contributed by atoms with Crippen molar-refractivity contribution < 1.29 is 9.59 Å². The molecule has 5 rings (SSSR count). The van der Waals surface area contributed by atoms with Crippen molar-refractivity contribution >= 4 is 33.4 Å². The third-order valence-electron chi connectivity index (χ3n) is 8.79. The Morgan fingerprint density at radius 3 is 1.82 bits per heavy atom. The van der Waals surface area contributed by atoms with Gasteiger partial charge in [-0.1, -0.05) is 84.9 Å². The van der Waals surface area contributed by atoms with Gasteiger partial charge in [0, 0.05) is 38.3 Å². The zero-order valence-corrected chi connectivity index (χ0v) is 25.7. The molecule has 232 valence electrons. The molecule has 1 saturated heterocycles. The van der Waals surface area contributed by atoms with Gasteiger partial charge < -0.3 is 32.3 Å². The molecule has 1 aliphatic heterocycles. The molecule has 7 N–H and O–H groups in total. The zero-order chi connectivity index (χ0) is 31.1. The average molecular weight is 595 g/mol. The van der Waals surface area contributed by atoms with Gasteiger partial charge in [-0.25, -0.2) is 0 Å². The second-order valence-electron chi connectivity index (χ2n) is 12.1. The summed E-state index contributed by atoms with van der Waals surface area (Å²) in [5.41, 5.74) is 20.8. The van der Waals surface area contributed by atoms with Gasteiger partial charge >= 0.3 is 0 Å². The molecule has 1 heterocycles. The Hall–Kier alpha value is -3.82. The highest BCUT2D eigenvalue weighted by Gasteiger charge is 2.39. The molecule has 4 aromatic rings. The number of carbonyl (C=O) groups is 2. The van der Waals surface area contributed by atoms with E-state index in [-0.39, 0.29) is 23.9 Å². The van der Waals surface area contributed by atoms with E-state index in [4.69, 9.17) is 17.2 Å². The fraction of sp³-hybridized carbons (Fsp3) is 0.389. The monoisotopic (exact) mass is 594 g/mol. The minimum atomic E-state index is -0.668. The molecule has 2 unspecified atom stereocenters. The number of amides is 2. The Morgan fingerprint density at radius 2 is 1.27 bits per heavy atom. The SMILES string of the molecule is C[C@@H]1CN(C(=O)C(N)Cc2ccc3ccccc3c2)[C@@H](CCCNCCN)CN1C(=O)C(N)Cc1ccc2ccccc2c1. The summed E-state index contributed by atoms with van der Waals surface area (Å²) in [6.07, 6.45) is 2.52. The normalized spacial score (nSPS) is 18.5.